The van der Waals surface area contributed by atoms with Gasteiger partial charge in [-0.25, -0.2) is 13.2 Å². The van der Waals surface area contributed by atoms with Crippen molar-refractivity contribution in [2.24, 2.45) is 0 Å². The molecule has 2 N–H and O–H groups in total. The second kappa shape index (κ2) is 9.84. The number of carbonyl (C=O) groups excluding carboxylic acids is 3. The van der Waals surface area contributed by atoms with Crippen molar-refractivity contribution in [2.75, 3.05) is 32.8 Å². The van der Waals surface area contributed by atoms with E-state index < -0.39 is 34.1 Å². The number of piperazine rings is 1. The summed E-state index contributed by atoms with van der Waals surface area (Å²) in [5, 5.41) is 17.5. The van der Waals surface area contributed by atoms with Gasteiger partial charge in [-0.2, -0.15) is 4.31 Å². The van der Waals surface area contributed by atoms with Crippen molar-refractivity contribution in [2.45, 2.75) is 25.7 Å². The number of ether oxygens (including phenoxy) is 1. The number of esters is 1. The minimum Gasteiger partial charge on any atom is -0.508 e. The monoisotopic (exact) mass is 451 g/mol. The lowest BCUT2D eigenvalue weighted by molar-refractivity contribution is -0.130. The highest BCUT2D eigenvalue weighted by Gasteiger charge is 2.29. The number of aliphatic hydroxyl groups is 1. The molecule has 1 aromatic rings. The molecule has 1 heterocycles. The van der Waals surface area contributed by atoms with Crippen LogP contribution in [0, 0.1) is 5.41 Å². The van der Waals surface area contributed by atoms with E-state index in [1.807, 2.05) is 0 Å². The van der Waals surface area contributed by atoms with Gasteiger partial charge in [0, 0.05) is 38.8 Å². The molecule has 168 valence electrons. The van der Waals surface area contributed by atoms with Crippen LogP contribution in [0.5, 0.6) is 0 Å². The number of benzene rings is 1. The second-order valence-electron chi connectivity index (χ2n) is 7.02. The Balaban J connectivity index is 2.15. The summed E-state index contributed by atoms with van der Waals surface area (Å²) in [7, 11) is -3.88. The molecular weight excluding hydrogens is 426 g/mol. The molecule has 0 unspecified atom stereocenters. The number of nitrogens with one attached hydrogen (secondary N) is 1. The van der Waals surface area contributed by atoms with Gasteiger partial charge in [-0.15, -0.1) is 0 Å². The van der Waals surface area contributed by atoms with Crippen molar-refractivity contribution in [1.82, 2.24) is 9.21 Å². The molecule has 1 aromatic carbocycles. The van der Waals surface area contributed by atoms with Crippen molar-refractivity contribution in [3.8, 4) is 0 Å². The quantitative estimate of drug-likeness (QED) is 0.274. The van der Waals surface area contributed by atoms with Gasteiger partial charge in [0.25, 0.3) is 0 Å². The number of hydrogen-bond acceptors (Lipinski definition) is 8. The van der Waals surface area contributed by atoms with Gasteiger partial charge < -0.3 is 20.2 Å². The lowest BCUT2D eigenvalue weighted by Crippen LogP contribution is -2.49. The van der Waals surface area contributed by atoms with Crippen LogP contribution in [0.4, 0.5) is 0 Å². The van der Waals surface area contributed by atoms with Crippen LogP contribution in [0.25, 0.3) is 0 Å². The predicted octanol–water partition coefficient (Wildman–Crippen LogP) is 1.14. The highest BCUT2D eigenvalue weighted by atomic mass is 32.2. The lowest BCUT2D eigenvalue weighted by atomic mass is 10.1. The Labute approximate surface area is 180 Å². The number of allylic oxidation sites excluding steroid dienone is 1. The summed E-state index contributed by atoms with van der Waals surface area (Å²) in [6, 6.07) is 5.29. The number of ketones is 1. The zero-order chi connectivity index (χ0) is 23.3. The third kappa shape index (κ3) is 5.76. The lowest BCUT2D eigenvalue weighted by Gasteiger charge is -2.33. The molecule has 1 aliphatic rings. The number of amides is 1. The van der Waals surface area contributed by atoms with Crippen LogP contribution in [0.3, 0.4) is 0 Å². The van der Waals surface area contributed by atoms with E-state index >= 15 is 0 Å². The number of aliphatic hydroxyl groups excluding tert-OH is 1. The highest BCUT2D eigenvalue weighted by Crippen LogP contribution is 2.20. The first-order valence-corrected chi connectivity index (χ1v) is 10.9. The first-order valence-electron chi connectivity index (χ1n) is 9.46. The Hall–Kier alpha value is -3.05. The molecule has 1 amide bonds. The van der Waals surface area contributed by atoms with E-state index in [0.29, 0.717) is 0 Å². The molecule has 0 bridgehead atoms. The summed E-state index contributed by atoms with van der Waals surface area (Å²) in [6.07, 6.45) is 0. The maximum Gasteiger partial charge on any atom is 0.338 e. The molecule has 31 heavy (non-hydrogen) atoms. The van der Waals surface area contributed by atoms with Crippen LogP contribution >= 0.6 is 0 Å². The van der Waals surface area contributed by atoms with Crippen molar-refractivity contribution in [1.29, 1.82) is 5.41 Å². The third-order valence-corrected chi connectivity index (χ3v) is 6.64. The average Bonchev–Trinajstić information content (AvgIpc) is 2.71. The van der Waals surface area contributed by atoms with Crippen molar-refractivity contribution < 1.29 is 32.6 Å². The fourth-order valence-electron chi connectivity index (χ4n) is 3.15. The van der Waals surface area contributed by atoms with Gasteiger partial charge in [0.05, 0.1) is 16.0 Å². The summed E-state index contributed by atoms with van der Waals surface area (Å²) in [6.45, 7) is 4.15. The fourth-order valence-corrected chi connectivity index (χ4v) is 4.62. The number of nitrogens with zero attached hydrogens (tertiary/aromatic N) is 2. The predicted molar refractivity (Wildman–Crippen MR) is 111 cm³/mol. The summed E-state index contributed by atoms with van der Waals surface area (Å²) >= 11 is 0. The van der Waals surface area contributed by atoms with Crippen LogP contribution in [-0.2, 0) is 24.3 Å². The molecule has 0 aliphatic carbocycles. The van der Waals surface area contributed by atoms with E-state index in [9.17, 15) is 27.9 Å². The van der Waals surface area contributed by atoms with E-state index in [-0.39, 0.29) is 53.8 Å². The van der Waals surface area contributed by atoms with Gasteiger partial charge in [0.2, 0.25) is 15.9 Å². The molecular formula is C20H25N3O7S. The van der Waals surface area contributed by atoms with Crippen LogP contribution in [0.2, 0.25) is 0 Å². The first kappa shape index (κ1) is 24.2. The van der Waals surface area contributed by atoms with Gasteiger partial charge in [-0.3, -0.25) is 9.59 Å². The van der Waals surface area contributed by atoms with Gasteiger partial charge in [0.15, 0.2) is 5.78 Å². The fraction of sp³-hybridized carbons (Fsp3) is 0.400. The first-order chi connectivity index (χ1) is 14.4. The molecule has 0 saturated carbocycles. The van der Waals surface area contributed by atoms with E-state index in [2.05, 4.69) is 0 Å². The summed E-state index contributed by atoms with van der Waals surface area (Å²) in [5.41, 5.74) is -0.458. The number of hydrogen-bond donors (Lipinski definition) is 2. The van der Waals surface area contributed by atoms with E-state index in [1.165, 1.54) is 49.3 Å². The van der Waals surface area contributed by atoms with Crippen LogP contribution < -0.4 is 0 Å². The zero-order valence-corrected chi connectivity index (χ0v) is 18.4. The molecule has 1 aliphatic heterocycles. The van der Waals surface area contributed by atoms with Crippen LogP contribution in [0.15, 0.2) is 40.5 Å². The van der Waals surface area contributed by atoms with E-state index in [4.69, 9.17) is 10.1 Å². The Morgan fingerprint density at radius 3 is 2.23 bits per heavy atom. The normalized spacial score (nSPS) is 15.8. The van der Waals surface area contributed by atoms with Crippen molar-refractivity contribution in [3.05, 3.63) is 41.2 Å². The van der Waals surface area contributed by atoms with Gasteiger partial charge in [0.1, 0.15) is 12.4 Å². The minimum atomic E-state index is -3.88. The number of sulfonamides is 1. The maximum atomic E-state index is 12.9. The molecule has 10 nitrogen and oxygen atoms in total. The third-order valence-electron chi connectivity index (χ3n) is 4.75. The van der Waals surface area contributed by atoms with Gasteiger partial charge >= 0.3 is 5.97 Å². The largest absolute Gasteiger partial charge is 0.508 e. The molecule has 1 fully saturated rings. The number of rotatable bonds is 7. The molecule has 11 heteroatoms. The Bertz CT molecular complexity index is 1020. The molecule has 2 rings (SSSR count). The zero-order valence-electron chi connectivity index (χ0n) is 17.5. The highest BCUT2D eigenvalue weighted by molar-refractivity contribution is 7.89. The molecule has 0 aromatic heterocycles. The standard InChI is InChI=1S/C20H25N3O7S/c1-13(21)19(14(2)24)18(26)12-30-20(27)16-5-4-6-17(11-16)31(28,29)23-9-7-22(8-10-23)15(3)25/h4-6,11,21,26H,7-10,12H2,1-3H3/b19-18-,21-13?. The molecule has 0 radical (unpaired) electrons. The maximum absolute atomic E-state index is 12.9. The molecule has 1 saturated heterocycles. The van der Waals surface area contributed by atoms with E-state index in [1.54, 1.807) is 4.90 Å². The average molecular weight is 452 g/mol. The SMILES string of the molecule is CC(=N)/C(C(C)=O)=C(/O)COC(=O)c1cccc(S(=O)(=O)N2CCN(C(C)=O)CC2)c1. The number of carbonyl (C=O) groups is 3. The Morgan fingerprint density at radius 1 is 1.10 bits per heavy atom. The minimum absolute atomic E-state index is 0.0489. The van der Waals surface area contributed by atoms with Crippen LogP contribution in [0.1, 0.15) is 31.1 Å². The van der Waals surface area contributed by atoms with E-state index in [0.717, 1.165) is 0 Å². The van der Waals surface area contributed by atoms with Gasteiger partial charge in [-0.05, 0) is 32.0 Å². The van der Waals surface area contributed by atoms with Crippen molar-refractivity contribution in [3.63, 3.8) is 0 Å². The second-order valence-corrected chi connectivity index (χ2v) is 8.95. The van der Waals surface area contributed by atoms with Crippen molar-refractivity contribution >= 4 is 33.4 Å². The van der Waals surface area contributed by atoms with Crippen LogP contribution in [-0.4, -0.2) is 78.9 Å². The smallest absolute Gasteiger partial charge is 0.338 e. The summed E-state index contributed by atoms with van der Waals surface area (Å²) < 4.78 is 32.0. The Kier molecular flexibility index (Phi) is 7.69. The Morgan fingerprint density at radius 2 is 1.71 bits per heavy atom. The van der Waals surface area contributed by atoms with Gasteiger partial charge in [-0.1, -0.05) is 6.07 Å². The molecule has 0 spiro atoms. The summed E-state index contributed by atoms with van der Waals surface area (Å²) in [4.78, 5) is 36.7. The number of Topliss-reactive ketones (excluding diaryl/α,β-unsaturated/α-hetero) is 1. The topological polar surface area (TPSA) is 145 Å². The molecule has 0 atom stereocenters. The summed E-state index contributed by atoms with van der Waals surface area (Å²) in [5.74, 6) is -2.11.